The molecule has 5 heteroatoms. The predicted molar refractivity (Wildman–Crippen MR) is 47.4 cm³/mol. The molecule has 1 atom stereocenters. The number of fused-ring (bicyclic) bond motifs is 1. The Balaban J connectivity index is 2.01. The minimum atomic E-state index is 0.0553. The zero-order chi connectivity index (χ0) is 9.26. The molecule has 0 aromatic rings. The normalized spacial score (nSPS) is 28.1. The first-order chi connectivity index (χ1) is 6.33. The van der Waals surface area contributed by atoms with Crippen LogP contribution in [0, 0.1) is 0 Å². The van der Waals surface area contributed by atoms with Crippen LogP contribution in [0.4, 0.5) is 4.79 Å². The molecule has 0 saturated carbocycles. The SMILES string of the molecule is O=C1N(CCO)C[C@@H]2CNCCN12. The number of hydrogen-bond acceptors (Lipinski definition) is 3. The molecule has 0 unspecified atom stereocenters. The smallest absolute Gasteiger partial charge is 0.320 e. The van der Waals surface area contributed by atoms with Crippen LogP contribution in [0.2, 0.25) is 0 Å². The quantitative estimate of drug-likeness (QED) is 0.561. The minimum Gasteiger partial charge on any atom is -0.395 e. The second-order valence-corrected chi connectivity index (χ2v) is 3.50. The number of carbonyl (C=O) groups excluding carboxylic acids is 1. The van der Waals surface area contributed by atoms with Gasteiger partial charge in [-0.1, -0.05) is 0 Å². The van der Waals surface area contributed by atoms with Crippen molar-refractivity contribution in [2.24, 2.45) is 0 Å². The molecule has 0 aliphatic carbocycles. The van der Waals surface area contributed by atoms with Gasteiger partial charge in [0, 0.05) is 32.7 Å². The molecule has 2 N–H and O–H groups in total. The molecular weight excluding hydrogens is 170 g/mol. The summed E-state index contributed by atoms with van der Waals surface area (Å²) < 4.78 is 0. The van der Waals surface area contributed by atoms with Crippen LogP contribution in [0.3, 0.4) is 0 Å². The molecule has 2 saturated heterocycles. The second-order valence-electron chi connectivity index (χ2n) is 3.50. The summed E-state index contributed by atoms with van der Waals surface area (Å²) in [6, 6.07) is 0.397. The maximum atomic E-state index is 11.6. The minimum absolute atomic E-state index is 0.0553. The van der Waals surface area contributed by atoms with Crippen LogP contribution >= 0.6 is 0 Å². The molecule has 2 heterocycles. The van der Waals surface area contributed by atoms with E-state index in [1.807, 2.05) is 4.90 Å². The number of rotatable bonds is 2. The Morgan fingerprint density at radius 2 is 2.46 bits per heavy atom. The number of β-amino-alcohol motifs (C(OH)–C–C–N with tert-alkyl or cyclic N) is 1. The lowest BCUT2D eigenvalue weighted by atomic mass is 10.2. The highest BCUT2D eigenvalue weighted by atomic mass is 16.3. The van der Waals surface area contributed by atoms with E-state index < -0.39 is 0 Å². The molecule has 2 amide bonds. The van der Waals surface area contributed by atoms with Crippen LogP contribution in [-0.2, 0) is 0 Å². The van der Waals surface area contributed by atoms with Crippen molar-refractivity contribution in [1.82, 2.24) is 15.1 Å². The lowest BCUT2D eigenvalue weighted by molar-refractivity contribution is 0.171. The maximum absolute atomic E-state index is 11.6. The van der Waals surface area contributed by atoms with E-state index in [1.54, 1.807) is 4.90 Å². The fourth-order valence-electron chi connectivity index (χ4n) is 2.00. The van der Waals surface area contributed by atoms with E-state index in [9.17, 15) is 4.79 Å². The zero-order valence-electron chi connectivity index (χ0n) is 7.57. The molecule has 74 valence electrons. The van der Waals surface area contributed by atoms with Crippen LogP contribution in [0.1, 0.15) is 0 Å². The second kappa shape index (κ2) is 3.51. The van der Waals surface area contributed by atoms with Crippen molar-refractivity contribution >= 4 is 6.03 Å². The monoisotopic (exact) mass is 185 g/mol. The molecule has 0 aromatic carbocycles. The van der Waals surface area contributed by atoms with Gasteiger partial charge in [0.25, 0.3) is 0 Å². The molecule has 0 radical (unpaired) electrons. The lowest BCUT2D eigenvalue weighted by Crippen LogP contribution is -2.49. The van der Waals surface area contributed by atoms with Crippen molar-refractivity contribution in [1.29, 1.82) is 0 Å². The molecule has 0 bridgehead atoms. The number of hydrogen-bond donors (Lipinski definition) is 2. The number of amides is 2. The molecule has 0 spiro atoms. The Morgan fingerprint density at radius 1 is 1.62 bits per heavy atom. The number of nitrogens with one attached hydrogen (secondary N) is 1. The standard InChI is InChI=1S/C8H15N3O2/c12-4-3-10-6-7-5-9-1-2-11(7)8(10)13/h7,9,12H,1-6H2/t7-/m0/s1. The summed E-state index contributed by atoms with van der Waals surface area (Å²) >= 11 is 0. The molecule has 5 nitrogen and oxygen atoms in total. The van der Waals surface area contributed by atoms with Gasteiger partial charge in [0.1, 0.15) is 0 Å². The highest BCUT2D eigenvalue weighted by Crippen LogP contribution is 2.16. The van der Waals surface area contributed by atoms with E-state index in [1.165, 1.54) is 0 Å². The third-order valence-corrected chi connectivity index (χ3v) is 2.67. The van der Waals surface area contributed by atoms with Crippen molar-refractivity contribution < 1.29 is 9.90 Å². The van der Waals surface area contributed by atoms with Crippen molar-refractivity contribution in [2.45, 2.75) is 6.04 Å². The number of aliphatic hydroxyl groups is 1. The number of nitrogens with zero attached hydrogens (tertiary/aromatic N) is 2. The van der Waals surface area contributed by atoms with Crippen molar-refractivity contribution in [3.63, 3.8) is 0 Å². The van der Waals surface area contributed by atoms with Crippen molar-refractivity contribution in [2.75, 3.05) is 39.3 Å². The molecule has 2 rings (SSSR count). The van der Waals surface area contributed by atoms with Gasteiger partial charge in [0.15, 0.2) is 0 Å². The summed E-state index contributed by atoms with van der Waals surface area (Å²) in [6.07, 6.45) is 0. The largest absolute Gasteiger partial charge is 0.395 e. The van der Waals surface area contributed by atoms with Crippen molar-refractivity contribution in [3.05, 3.63) is 0 Å². The van der Waals surface area contributed by atoms with E-state index in [-0.39, 0.29) is 12.6 Å². The summed E-state index contributed by atoms with van der Waals surface area (Å²) in [6.45, 7) is 3.84. The first kappa shape index (κ1) is 8.77. The van der Waals surface area contributed by atoms with Gasteiger partial charge in [-0.15, -0.1) is 0 Å². The van der Waals surface area contributed by atoms with Gasteiger partial charge in [0.2, 0.25) is 0 Å². The molecule has 13 heavy (non-hydrogen) atoms. The topological polar surface area (TPSA) is 55.8 Å². The van der Waals surface area contributed by atoms with Gasteiger partial charge in [-0.3, -0.25) is 0 Å². The predicted octanol–water partition coefficient (Wildman–Crippen LogP) is -1.31. The fourth-order valence-corrected chi connectivity index (χ4v) is 2.00. The fraction of sp³-hybridized carbons (Fsp3) is 0.875. The Morgan fingerprint density at radius 3 is 3.15 bits per heavy atom. The summed E-state index contributed by atoms with van der Waals surface area (Å²) in [5, 5.41) is 12.0. The summed E-state index contributed by atoms with van der Waals surface area (Å²) in [7, 11) is 0. The Hall–Kier alpha value is -0.810. The first-order valence-corrected chi connectivity index (χ1v) is 4.70. The Labute approximate surface area is 77.3 Å². The Bertz CT molecular complexity index is 210. The zero-order valence-corrected chi connectivity index (χ0v) is 7.57. The third-order valence-electron chi connectivity index (χ3n) is 2.67. The van der Waals surface area contributed by atoms with E-state index in [2.05, 4.69) is 5.32 Å². The lowest BCUT2D eigenvalue weighted by Gasteiger charge is -2.28. The summed E-state index contributed by atoms with van der Waals surface area (Å²) in [5.41, 5.74) is 0. The highest BCUT2D eigenvalue weighted by molar-refractivity contribution is 5.77. The Kier molecular flexibility index (Phi) is 2.37. The molecular formula is C8H15N3O2. The van der Waals surface area contributed by atoms with Gasteiger partial charge < -0.3 is 20.2 Å². The molecule has 0 aromatic heterocycles. The number of carbonyl (C=O) groups is 1. The van der Waals surface area contributed by atoms with Crippen molar-refractivity contribution in [3.8, 4) is 0 Å². The van der Waals surface area contributed by atoms with Crippen LogP contribution in [0.5, 0.6) is 0 Å². The average molecular weight is 185 g/mol. The number of piperazine rings is 1. The van der Waals surface area contributed by atoms with Gasteiger partial charge >= 0.3 is 6.03 Å². The van der Waals surface area contributed by atoms with Gasteiger partial charge in [-0.2, -0.15) is 0 Å². The highest BCUT2D eigenvalue weighted by Gasteiger charge is 2.37. The van der Waals surface area contributed by atoms with E-state index in [0.29, 0.717) is 12.6 Å². The molecule has 2 aliphatic heterocycles. The van der Waals surface area contributed by atoms with Gasteiger partial charge in [-0.25, -0.2) is 4.79 Å². The van der Waals surface area contributed by atoms with Gasteiger partial charge in [-0.05, 0) is 0 Å². The van der Waals surface area contributed by atoms with E-state index in [0.717, 1.165) is 26.2 Å². The number of aliphatic hydroxyl groups excluding tert-OH is 1. The molecule has 2 fully saturated rings. The average Bonchev–Trinajstić information content (AvgIpc) is 2.46. The number of urea groups is 1. The van der Waals surface area contributed by atoms with E-state index in [4.69, 9.17) is 5.11 Å². The summed E-state index contributed by atoms with van der Waals surface area (Å²) in [5.74, 6) is 0. The van der Waals surface area contributed by atoms with E-state index >= 15 is 0 Å². The summed E-state index contributed by atoms with van der Waals surface area (Å²) in [4.78, 5) is 15.3. The molecule has 2 aliphatic rings. The van der Waals surface area contributed by atoms with Gasteiger partial charge in [0.05, 0.1) is 12.6 Å². The van der Waals surface area contributed by atoms with Crippen LogP contribution in [-0.4, -0.2) is 66.3 Å². The van der Waals surface area contributed by atoms with Crippen LogP contribution in [0.15, 0.2) is 0 Å². The maximum Gasteiger partial charge on any atom is 0.320 e. The first-order valence-electron chi connectivity index (χ1n) is 4.70. The van der Waals surface area contributed by atoms with Crippen LogP contribution in [0.25, 0.3) is 0 Å². The van der Waals surface area contributed by atoms with Crippen LogP contribution < -0.4 is 5.32 Å². The third kappa shape index (κ3) is 1.49.